The van der Waals surface area contributed by atoms with Crippen molar-refractivity contribution in [3.8, 4) is 0 Å². The van der Waals surface area contributed by atoms with E-state index in [-0.39, 0.29) is 25.6 Å². The SMILES string of the molecule is COC(CC(CN)NCC(=O)O)C(=O)O. The maximum atomic E-state index is 10.6. The minimum absolute atomic E-state index is 0.135. The number of ether oxygens (including phenoxy) is 1. The van der Waals surface area contributed by atoms with Crippen molar-refractivity contribution in [2.45, 2.75) is 18.6 Å². The number of carbonyl (C=O) groups is 2. The van der Waals surface area contributed by atoms with E-state index in [2.05, 4.69) is 5.32 Å². The molecule has 0 heterocycles. The molecular weight excluding hydrogens is 204 g/mol. The van der Waals surface area contributed by atoms with Crippen molar-refractivity contribution in [3.05, 3.63) is 0 Å². The Kier molecular flexibility index (Phi) is 6.59. The minimum Gasteiger partial charge on any atom is -0.480 e. The summed E-state index contributed by atoms with van der Waals surface area (Å²) in [6.45, 7) is -0.0989. The van der Waals surface area contributed by atoms with Crippen LogP contribution in [0.15, 0.2) is 0 Å². The Labute approximate surface area is 87.2 Å². The lowest BCUT2D eigenvalue weighted by molar-refractivity contribution is -0.149. The van der Waals surface area contributed by atoms with Gasteiger partial charge in [0.1, 0.15) is 0 Å². The van der Waals surface area contributed by atoms with Crippen LogP contribution in [-0.4, -0.2) is 54.5 Å². The topological polar surface area (TPSA) is 122 Å². The molecule has 2 atom stereocenters. The summed E-state index contributed by atoms with van der Waals surface area (Å²) < 4.78 is 4.71. The Bertz CT molecular complexity index is 221. The molecule has 5 N–H and O–H groups in total. The molecule has 0 aromatic carbocycles. The molecule has 0 aliphatic heterocycles. The van der Waals surface area contributed by atoms with Crippen LogP contribution in [-0.2, 0) is 14.3 Å². The highest BCUT2D eigenvalue weighted by Crippen LogP contribution is 2.01. The maximum Gasteiger partial charge on any atom is 0.332 e. The van der Waals surface area contributed by atoms with Gasteiger partial charge in [0.05, 0.1) is 6.54 Å². The molecule has 0 aromatic heterocycles. The fourth-order valence-electron chi connectivity index (χ4n) is 1.05. The quantitative estimate of drug-likeness (QED) is 0.391. The second kappa shape index (κ2) is 7.16. The van der Waals surface area contributed by atoms with Crippen LogP contribution in [0.4, 0.5) is 0 Å². The van der Waals surface area contributed by atoms with E-state index in [1.54, 1.807) is 0 Å². The minimum atomic E-state index is -1.09. The fraction of sp³-hybridized carbons (Fsp3) is 0.750. The van der Waals surface area contributed by atoms with Crippen molar-refractivity contribution in [1.29, 1.82) is 0 Å². The van der Waals surface area contributed by atoms with Crippen LogP contribution in [0, 0.1) is 0 Å². The molecule has 0 aliphatic rings. The monoisotopic (exact) mass is 220 g/mol. The first-order valence-corrected chi connectivity index (χ1v) is 4.42. The van der Waals surface area contributed by atoms with Crippen molar-refractivity contribution in [1.82, 2.24) is 5.32 Å². The summed E-state index contributed by atoms with van der Waals surface area (Å²) in [6.07, 6.45) is -0.838. The third kappa shape index (κ3) is 6.00. The summed E-state index contributed by atoms with van der Waals surface area (Å²) in [5.41, 5.74) is 5.36. The van der Waals surface area contributed by atoms with Crippen LogP contribution >= 0.6 is 0 Å². The number of methoxy groups -OCH3 is 1. The molecular formula is C8H16N2O5. The molecule has 0 aromatic rings. The number of hydrogen-bond donors (Lipinski definition) is 4. The van der Waals surface area contributed by atoms with E-state index in [9.17, 15) is 9.59 Å². The van der Waals surface area contributed by atoms with Gasteiger partial charge in [-0.05, 0) is 0 Å². The van der Waals surface area contributed by atoms with E-state index in [1.807, 2.05) is 0 Å². The van der Waals surface area contributed by atoms with Gasteiger partial charge in [-0.3, -0.25) is 4.79 Å². The summed E-state index contributed by atoms with van der Waals surface area (Å²) in [7, 11) is 1.28. The van der Waals surface area contributed by atoms with E-state index in [1.165, 1.54) is 7.11 Å². The second-order valence-electron chi connectivity index (χ2n) is 3.01. The molecule has 0 saturated heterocycles. The number of carboxylic acids is 2. The lowest BCUT2D eigenvalue weighted by Gasteiger charge is -2.19. The van der Waals surface area contributed by atoms with Gasteiger partial charge < -0.3 is 26.0 Å². The van der Waals surface area contributed by atoms with Crippen LogP contribution in [0.25, 0.3) is 0 Å². The molecule has 7 heteroatoms. The molecule has 2 unspecified atom stereocenters. The van der Waals surface area contributed by atoms with Crippen molar-refractivity contribution in [2.24, 2.45) is 5.73 Å². The Morgan fingerprint density at radius 1 is 1.47 bits per heavy atom. The van der Waals surface area contributed by atoms with Crippen molar-refractivity contribution in [3.63, 3.8) is 0 Å². The summed E-state index contributed by atoms with van der Waals surface area (Å²) >= 11 is 0. The average Bonchev–Trinajstić information content (AvgIpc) is 2.17. The Morgan fingerprint density at radius 2 is 2.07 bits per heavy atom. The number of nitrogens with two attached hydrogens (primary N) is 1. The summed E-state index contributed by atoms with van der Waals surface area (Å²) in [5.74, 6) is -2.11. The number of rotatable bonds is 8. The molecule has 0 bridgehead atoms. The molecule has 0 spiro atoms. The number of aliphatic carboxylic acids is 2. The first-order chi connectivity index (χ1) is 7.01. The largest absolute Gasteiger partial charge is 0.480 e. The molecule has 88 valence electrons. The molecule has 0 fully saturated rings. The third-order valence-electron chi connectivity index (χ3n) is 1.89. The molecule has 15 heavy (non-hydrogen) atoms. The maximum absolute atomic E-state index is 10.6. The van der Waals surface area contributed by atoms with Gasteiger partial charge in [0.2, 0.25) is 0 Å². The van der Waals surface area contributed by atoms with Gasteiger partial charge in [0.25, 0.3) is 0 Å². The standard InChI is InChI=1S/C8H16N2O5/c1-15-6(8(13)14)2-5(3-9)10-4-7(11)12/h5-6,10H,2-4,9H2,1H3,(H,11,12)(H,13,14). The Hall–Kier alpha value is -1.18. The Morgan fingerprint density at radius 3 is 2.40 bits per heavy atom. The highest BCUT2D eigenvalue weighted by molar-refractivity contribution is 5.72. The summed E-state index contributed by atoms with van der Waals surface area (Å²) in [6, 6.07) is -0.387. The van der Waals surface area contributed by atoms with Gasteiger partial charge in [-0.25, -0.2) is 4.79 Å². The first kappa shape index (κ1) is 13.8. The lowest BCUT2D eigenvalue weighted by Crippen LogP contribution is -2.43. The molecule has 0 aliphatic carbocycles. The zero-order valence-electron chi connectivity index (χ0n) is 8.47. The normalized spacial score (nSPS) is 14.5. The van der Waals surface area contributed by atoms with Crippen LogP contribution in [0.5, 0.6) is 0 Å². The van der Waals surface area contributed by atoms with Crippen molar-refractivity contribution in [2.75, 3.05) is 20.2 Å². The van der Waals surface area contributed by atoms with Crippen molar-refractivity contribution < 1.29 is 24.5 Å². The van der Waals surface area contributed by atoms with E-state index in [4.69, 9.17) is 20.7 Å². The lowest BCUT2D eigenvalue weighted by atomic mass is 10.1. The molecule has 0 amide bonds. The fourth-order valence-corrected chi connectivity index (χ4v) is 1.05. The third-order valence-corrected chi connectivity index (χ3v) is 1.89. The molecule has 0 saturated carbocycles. The molecule has 7 nitrogen and oxygen atoms in total. The van der Waals surface area contributed by atoms with Crippen LogP contribution in [0.3, 0.4) is 0 Å². The van der Waals surface area contributed by atoms with Crippen LogP contribution in [0.1, 0.15) is 6.42 Å². The van der Waals surface area contributed by atoms with Gasteiger partial charge in [-0.1, -0.05) is 0 Å². The van der Waals surface area contributed by atoms with Gasteiger partial charge in [-0.2, -0.15) is 0 Å². The molecule has 0 rings (SSSR count). The van der Waals surface area contributed by atoms with E-state index >= 15 is 0 Å². The van der Waals surface area contributed by atoms with Crippen molar-refractivity contribution >= 4 is 11.9 Å². The highest BCUT2D eigenvalue weighted by atomic mass is 16.5. The number of carboxylic acid groups (broad SMARTS) is 2. The smallest absolute Gasteiger partial charge is 0.332 e. The predicted molar refractivity (Wildman–Crippen MR) is 51.5 cm³/mol. The summed E-state index contributed by atoms with van der Waals surface area (Å²) in [4.78, 5) is 20.9. The highest BCUT2D eigenvalue weighted by Gasteiger charge is 2.21. The number of nitrogens with one attached hydrogen (secondary N) is 1. The molecule has 0 radical (unpaired) electrons. The van der Waals surface area contributed by atoms with Gasteiger partial charge >= 0.3 is 11.9 Å². The van der Waals surface area contributed by atoms with Crippen LogP contribution < -0.4 is 11.1 Å². The van der Waals surface area contributed by atoms with E-state index in [0.29, 0.717) is 0 Å². The van der Waals surface area contributed by atoms with E-state index in [0.717, 1.165) is 0 Å². The zero-order chi connectivity index (χ0) is 11.8. The first-order valence-electron chi connectivity index (χ1n) is 4.42. The second-order valence-corrected chi connectivity index (χ2v) is 3.01. The zero-order valence-corrected chi connectivity index (χ0v) is 8.47. The summed E-state index contributed by atoms with van der Waals surface area (Å²) in [5, 5.41) is 19.7. The van der Waals surface area contributed by atoms with E-state index < -0.39 is 18.0 Å². The van der Waals surface area contributed by atoms with Crippen LogP contribution in [0.2, 0.25) is 0 Å². The predicted octanol–water partition coefficient (Wildman–Crippen LogP) is -1.52. The van der Waals surface area contributed by atoms with Gasteiger partial charge in [0, 0.05) is 26.1 Å². The number of hydrogen-bond acceptors (Lipinski definition) is 5. The van der Waals surface area contributed by atoms with Gasteiger partial charge in [0.15, 0.2) is 6.10 Å². The van der Waals surface area contributed by atoms with Gasteiger partial charge in [-0.15, -0.1) is 0 Å². The average molecular weight is 220 g/mol. The Balaban J connectivity index is 4.06.